The van der Waals surface area contributed by atoms with Crippen molar-refractivity contribution in [2.24, 2.45) is 5.92 Å². The Hall–Kier alpha value is -3.55. The van der Waals surface area contributed by atoms with Crippen LogP contribution < -0.4 is 10.2 Å². The molecule has 2 atom stereocenters. The Bertz CT molecular complexity index is 956. The molecule has 0 bridgehead atoms. The van der Waals surface area contributed by atoms with Crippen molar-refractivity contribution >= 4 is 29.4 Å². The van der Waals surface area contributed by atoms with Gasteiger partial charge >= 0.3 is 18.0 Å². The molecule has 2 aromatic rings. The van der Waals surface area contributed by atoms with Gasteiger partial charge in [-0.15, -0.1) is 0 Å². The number of likely N-dealkylation sites (N-methyl/N-ethyl adjacent to an activating group) is 1. The van der Waals surface area contributed by atoms with Crippen LogP contribution in [0.4, 0.5) is 21.0 Å². The summed E-state index contributed by atoms with van der Waals surface area (Å²) in [5, 5.41) is 12.8. The second-order valence-corrected chi connectivity index (χ2v) is 9.53. The summed E-state index contributed by atoms with van der Waals surface area (Å²) in [5.41, 5.74) is 1.21. The van der Waals surface area contributed by atoms with Gasteiger partial charge in [-0.3, -0.25) is 4.90 Å². The summed E-state index contributed by atoms with van der Waals surface area (Å²) in [6.45, 7) is 2.48. The Morgan fingerprint density at radius 1 is 0.917 bits per heavy atom. The quantitative estimate of drug-likeness (QED) is 0.493. The highest BCUT2D eigenvalue weighted by molar-refractivity contribution is 6.01. The Morgan fingerprint density at radius 3 is 1.92 bits per heavy atom. The lowest BCUT2D eigenvalue weighted by Gasteiger charge is -2.37. The molecule has 2 N–H and O–H groups in total. The molecule has 2 aromatic carbocycles. The number of para-hydroxylation sites is 2. The van der Waals surface area contributed by atoms with Crippen molar-refractivity contribution in [1.29, 1.82) is 0 Å². The monoisotopic (exact) mass is 494 g/mol. The summed E-state index contributed by atoms with van der Waals surface area (Å²) in [6, 6.07) is 15.3. The lowest BCUT2D eigenvalue weighted by molar-refractivity contribution is -0.140. The van der Waals surface area contributed by atoms with Crippen molar-refractivity contribution < 1.29 is 19.5 Å². The number of hydrogen-bond donors (Lipinski definition) is 2. The van der Waals surface area contributed by atoms with Crippen molar-refractivity contribution in [2.45, 2.75) is 57.5 Å². The second-order valence-electron chi connectivity index (χ2n) is 9.53. The van der Waals surface area contributed by atoms with Gasteiger partial charge in [-0.2, -0.15) is 0 Å². The number of benzene rings is 2. The molecular weight excluding hydrogens is 456 g/mol. The number of nitrogens with zero attached hydrogens (tertiary/aromatic N) is 3. The van der Waals surface area contributed by atoms with Crippen LogP contribution in [0, 0.1) is 5.92 Å². The molecule has 0 saturated heterocycles. The zero-order valence-electron chi connectivity index (χ0n) is 21.5. The molecule has 194 valence electrons. The van der Waals surface area contributed by atoms with Crippen molar-refractivity contribution in [3.8, 4) is 0 Å². The maximum absolute atomic E-state index is 13.5. The third-order valence-corrected chi connectivity index (χ3v) is 6.96. The number of anilines is 2. The van der Waals surface area contributed by atoms with E-state index in [4.69, 9.17) is 0 Å². The first kappa shape index (κ1) is 27.0. The topological polar surface area (TPSA) is 93.2 Å². The van der Waals surface area contributed by atoms with Crippen LogP contribution in [-0.4, -0.2) is 65.7 Å². The number of rotatable bonds is 9. The van der Waals surface area contributed by atoms with Gasteiger partial charge in [-0.05, 0) is 49.4 Å². The molecule has 0 aliphatic heterocycles. The predicted molar refractivity (Wildman–Crippen MR) is 141 cm³/mol. The molecule has 3 rings (SSSR count). The van der Waals surface area contributed by atoms with Crippen LogP contribution in [0.25, 0.3) is 0 Å². The van der Waals surface area contributed by atoms with Gasteiger partial charge in [0, 0.05) is 20.6 Å². The molecule has 1 aliphatic carbocycles. The lowest BCUT2D eigenvalue weighted by atomic mass is 9.89. The third-order valence-electron chi connectivity index (χ3n) is 6.96. The highest BCUT2D eigenvalue weighted by Gasteiger charge is 2.36. The summed E-state index contributed by atoms with van der Waals surface area (Å²) >= 11 is 0. The second kappa shape index (κ2) is 13.0. The zero-order chi connectivity index (χ0) is 26.1. The average molecular weight is 495 g/mol. The van der Waals surface area contributed by atoms with Gasteiger partial charge in [-0.1, -0.05) is 62.6 Å². The van der Waals surface area contributed by atoms with Gasteiger partial charge in [-0.25, -0.2) is 14.4 Å². The molecule has 36 heavy (non-hydrogen) atoms. The number of carboxylic acids is 1. The summed E-state index contributed by atoms with van der Waals surface area (Å²) in [6.07, 6.45) is 6.21. The van der Waals surface area contributed by atoms with Crippen molar-refractivity contribution in [2.75, 3.05) is 25.5 Å². The Kier molecular flexibility index (Phi) is 9.73. The van der Waals surface area contributed by atoms with Gasteiger partial charge in [0.15, 0.2) is 0 Å². The predicted octanol–water partition coefficient (Wildman–Crippen LogP) is 5.33. The first-order valence-corrected chi connectivity index (χ1v) is 12.7. The SMILES string of the molecule is CC[C@H]([C@H](NC(=O)N(c1ccccc1)c1ccccc1)C(=O)O)N(C)C(=O)N(C)CC1CCCCC1. The normalized spacial score (nSPS) is 15.4. The maximum atomic E-state index is 13.5. The van der Waals surface area contributed by atoms with E-state index in [1.165, 1.54) is 29.1 Å². The number of carbonyl (C=O) groups excluding carboxylic acids is 2. The van der Waals surface area contributed by atoms with Crippen LogP contribution >= 0.6 is 0 Å². The van der Waals surface area contributed by atoms with E-state index in [0.717, 1.165) is 12.8 Å². The Balaban J connectivity index is 1.78. The number of aliphatic carboxylic acids is 1. The molecule has 8 nitrogen and oxygen atoms in total. The van der Waals surface area contributed by atoms with E-state index in [2.05, 4.69) is 5.32 Å². The number of carboxylic acid groups (broad SMARTS) is 1. The van der Waals surface area contributed by atoms with Crippen LogP contribution in [0.15, 0.2) is 60.7 Å². The van der Waals surface area contributed by atoms with E-state index in [-0.39, 0.29) is 6.03 Å². The largest absolute Gasteiger partial charge is 0.480 e. The maximum Gasteiger partial charge on any atom is 0.328 e. The fourth-order valence-electron chi connectivity index (χ4n) is 5.04. The van der Waals surface area contributed by atoms with Crippen LogP contribution in [0.3, 0.4) is 0 Å². The van der Waals surface area contributed by atoms with E-state index in [9.17, 15) is 19.5 Å². The molecule has 1 saturated carbocycles. The van der Waals surface area contributed by atoms with Gasteiger partial charge < -0.3 is 20.2 Å². The van der Waals surface area contributed by atoms with E-state index in [1.54, 1.807) is 43.3 Å². The van der Waals surface area contributed by atoms with Crippen molar-refractivity contribution in [1.82, 2.24) is 15.1 Å². The van der Waals surface area contributed by atoms with Crippen LogP contribution in [0.1, 0.15) is 45.4 Å². The van der Waals surface area contributed by atoms with Gasteiger partial charge in [0.1, 0.15) is 6.04 Å². The zero-order valence-corrected chi connectivity index (χ0v) is 21.5. The van der Waals surface area contributed by atoms with Crippen molar-refractivity contribution in [3.63, 3.8) is 0 Å². The summed E-state index contributed by atoms with van der Waals surface area (Å²) in [7, 11) is 3.38. The summed E-state index contributed by atoms with van der Waals surface area (Å²) < 4.78 is 0. The van der Waals surface area contributed by atoms with Crippen LogP contribution in [0.5, 0.6) is 0 Å². The molecule has 8 heteroatoms. The average Bonchev–Trinajstić information content (AvgIpc) is 2.89. The molecule has 4 amide bonds. The number of amides is 4. The minimum atomic E-state index is -1.28. The number of urea groups is 2. The minimum absolute atomic E-state index is 0.240. The molecule has 0 radical (unpaired) electrons. The highest BCUT2D eigenvalue weighted by atomic mass is 16.4. The van der Waals surface area contributed by atoms with Crippen LogP contribution in [-0.2, 0) is 4.79 Å². The van der Waals surface area contributed by atoms with Gasteiger partial charge in [0.2, 0.25) is 0 Å². The number of nitrogens with one attached hydrogen (secondary N) is 1. The fourth-order valence-corrected chi connectivity index (χ4v) is 5.04. The molecule has 0 unspecified atom stereocenters. The smallest absolute Gasteiger partial charge is 0.328 e. The third kappa shape index (κ3) is 6.77. The lowest BCUT2D eigenvalue weighted by Crippen LogP contribution is -2.59. The van der Waals surface area contributed by atoms with E-state index in [1.807, 2.05) is 43.3 Å². The summed E-state index contributed by atoms with van der Waals surface area (Å²) in [4.78, 5) is 43.7. The highest BCUT2D eigenvalue weighted by Crippen LogP contribution is 2.26. The van der Waals surface area contributed by atoms with E-state index >= 15 is 0 Å². The molecule has 0 heterocycles. The minimum Gasteiger partial charge on any atom is -0.480 e. The fraction of sp³-hybridized carbons (Fsp3) is 0.464. The van der Waals surface area contributed by atoms with Crippen LogP contribution in [0.2, 0.25) is 0 Å². The first-order chi connectivity index (χ1) is 17.3. The van der Waals surface area contributed by atoms with Gasteiger partial charge in [0.25, 0.3) is 0 Å². The molecule has 1 aliphatic rings. The standard InChI is InChI=1S/C28H38N4O4/c1-4-24(31(3)28(36)30(2)20-21-14-8-5-9-15-21)25(26(33)34)29-27(35)32(22-16-10-6-11-17-22)23-18-12-7-13-19-23/h6-7,10-13,16-19,21,24-25H,4-5,8-9,14-15,20H2,1-3H3,(H,29,35)(H,33,34)/t24-,25+/m1/s1. The number of carbonyl (C=O) groups is 3. The first-order valence-electron chi connectivity index (χ1n) is 12.7. The van der Waals surface area contributed by atoms with E-state index in [0.29, 0.717) is 30.3 Å². The Labute approximate surface area is 213 Å². The number of hydrogen-bond acceptors (Lipinski definition) is 3. The molecule has 0 aromatic heterocycles. The molecule has 0 spiro atoms. The van der Waals surface area contributed by atoms with Crippen molar-refractivity contribution in [3.05, 3.63) is 60.7 Å². The summed E-state index contributed by atoms with van der Waals surface area (Å²) in [5.74, 6) is -0.715. The van der Waals surface area contributed by atoms with Gasteiger partial charge in [0.05, 0.1) is 17.4 Å². The van der Waals surface area contributed by atoms with E-state index < -0.39 is 24.1 Å². The molecular formula is C28H38N4O4. The molecule has 1 fully saturated rings. The Morgan fingerprint density at radius 2 is 1.44 bits per heavy atom.